The van der Waals surface area contributed by atoms with Crippen molar-refractivity contribution >= 4 is 29.2 Å². The van der Waals surface area contributed by atoms with E-state index in [1.807, 2.05) is 13.0 Å². The summed E-state index contributed by atoms with van der Waals surface area (Å²) in [4.78, 5) is 5.29. The van der Waals surface area contributed by atoms with E-state index >= 15 is 0 Å². The molecule has 5 heteroatoms. The third-order valence-corrected chi connectivity index (χ3v) is 3.61. The van der Waals surface area contributed by atoms with E-state index in [1.54, 1.807) is 30.2 Å². The molecule has 0 bridgehead atoms. The Kier molecular flexibility index (Phi) is 3.41. The monoisotopic (exact) mass is 254 g/mol. The van der Waals surface area contributed by atoms with Crippen LogP contribution < -0.4 is 5.73 Å². The van der Waals surface area contributed by atoms with Gasteiger partial charge in [-0.3, -0.25) is 0 Å². The fourth-order valence-electron chi connectivity index (χ4n) is 1.27. The van der Waals surface area contributed by atoms with Crippen LogP contribution in [0.25, 0.3) is 0 Å². The van der Waals surface area contributed by atoms with Crippen molar-refractivity contribution in [1.29, 1.82) is 0 Å². The molecular weight excluding hydrogens is 244 g/mol. The number of hydrogen-bond acceptors (Lipinski definition) is 4. The molecular formula is C11H11ClN2OS. The highest BCUT2D eigenvalue weighted by Gasteiger charge is 2.06. The van der Waals surface area contributed by atoms with E-state index < -0.39 is 0 Å². The average Bonchev–Trinajstić information content (AvgIpc) is 2.66. The molecule has 2 aromatic rings. The van der Waals surface area contributed by atoms with Crippen LogP contribution in [0.4, 0.5) is 5.82 Å². The lowest BCUT2D eigenvalue weighted by Gasteiger charge is -2.03. The Balaban J connectivity index is 2.10. The number of thioether (sulfide) groups is 1. The summed E-state index contributed by atoms with van der Waals surface area (Å²) in [6.07, 6.45) is 1.67. The molecule has 0 saturated carbocycles. The second-order valence-electron chi connectivity index (χ2n) is 3.29. The first kappa shape index (κ1) is 11.4. The molecule has 0 aliphatic carbocycles. The minimum Gasteiger partial charge on any atom is -0.468 e. The molecule has 2 N–H and O–H groups in total. The van der Waals surface area contributed by atoms with Crippen LogP contribution in [-0.2, 0) is 5.75 Å². The summed E-state index contributed by atoms with van der Waals surface area (Å²) in [5.41, 5.74) is 6.41. The zero-order valence-electron chi connectivity index (χ0n) is 8.74. The van der Waals surface area contributed by atoms with Crippen molar-refractivity contribution in [2.45, 2.75) is 17.6 Å². The second-order valence-corrected chi connectivity index (χ2v) is 4.72. The molecule has 0 radical (unpaired) electrons. The van der Waals surface area contributed by atoms with Crippen molar-refractivity contribution < 1.29 is 4.42 Å². The Labute approximate surface area is 103 Å². The lowest BCUT2D eigenvalue weighted by atomic mass is 10.4. The normalized spacial score (nSPS) is 10.6. The Bertz CT molecular complexity index is 498. The van der Waals surface area contributed by atoms with Gasteiger partial charge in [-0.25, -0.2) is 4.98 Å². The van der Waals surface area contributed by atoms with Crippen LogP contribution in [-0.4, -0.2) is 4.98 Å². The standard InChI is InChI=1S/C11H11ClN2OS/c1-7-10(4-5-15-7)16-6-9-8(12)2-3-11(13)14-9/h2-5H,6H2,1H3,(H2,13,14). The van der Waals surface area contributed by atoms with Crippen molar-refractivity contribution in [2.75, 3.05) is 5.73 Å². The molecule has 3 nitrogen and oxygen atoms in total. The zero-order valence-corrected chi connectivity index (χ0v) is 10.3. The highest BCUT2D eigenvalue weighted by molar-refractivity contribution is 7.98. The number of nitrogens with zero attached hydrogens (tertiary/aromatic N) is 1. The predicted octanol–water partition coefficient (Wildman–Crippen LogP) is 3.51. The van der Waals surface area contributed by atoms with Gasteiger partial charge in [0.1, 0.15) is 11.6 Å². The summed E-state index contributed by atoms with van der Waals surface area (Å²) < 4.78 is 5.21. The van der Waals surface area contributed by atoms with Crippen molar-refractivity contribution in [1.82, 2.24) is 4.98 Å². The van der Waals surface area contributed by atoms with Gasteiger partial charge >= 0.3 is 0 Å². The molecule has 2 heterocycles. The van der Waals surface area contributed by atoms with Gasteiger partial charge in [0, 0.05) is 10.6 Å². The van der Waals surface area contributed by atoms with Crippen LogP contribution in [0.1, 0.15) is 11.5 Å². The van der Waals surface area contributed by atoms with E-state index in [1.165, 1.54) is 0 Å². The quantitative estimate of drug-likeness (QED) is 0.852. The summed E-state index contributed by atoms with van der Waals surface area (Å²) in [5.74, 6) is 2.08. The number of hydrogen-bond donors (Lipinski definition) is 1. The summed E-state index contributed by atoms with van der Waals surface area (Å²) in [6.45, 7) is 1.93. The molecule has 0 aliphatic heterocycles. The van der Waals surface area contributed by atoms with E-state index in [0.29, 0.717) is 16.6 Å². The number of furan rings is 1. The molecule has 2 rings (SSSR count). The van der Waals surface area contributed by atoms with Crippen LogP contribution in [0.5, 0.6) is 0 Å². The maximum absolute atomic E-state index is 6.02. The lowest BCUT2D eigenvalue weighted by molar-refractivity contribution is 0.527. The summed E-state index contributed by atoms with van der Waals surface area (Å²) >= 11 is 7.65. The summed E-state index contributed by atoms with van der Waals surface area (Å²) in [7, 11) is 0. The number of nitrogens with two attached hydrogens (primary N) is 1. The lowest BCUT2D eigenvalue weighted by Crippen LogP contribution is -1.95. The van der Waals surface area contributed by atoms with Crippen molar-refractivity contribution in [3.63, 3.8) is 0 Å². The number of aromatic nitrogens is 1. The van der Waals surface area contributed by atoms with Gasteiger partial charge in [0.25, 0.3) is 0 Å². The largest absolute Gasteiger partial charge is 0.468 e. The van der Waals surface area contributed by atoms with E-state index in [0.717, 1.165) is 16.3 Å². The topological polar surface area (TPSA) is 52.0 Å². The van der Waals surface area contributed by atoms with Crippen LogP contribution in [0.3, 0.4) is 0 Å². The zero-order chi connectivity index (χ0) is 11.5. The van der Waals surface area contributed by atoms with Crippen molar-refractivity contribution in [3.05, 3.63) is 40.9 Å². The molecule has 0 aromatic carbocycles. The van der Waals surface area contributed by atoms with E-state index in [-0.39, 0.29) is 0 Å². The first-order valence-corrected chi connectivity index (χ1v) is 6.11. The molecule has 2 aromatic heterocycles. The molecule has 0 saturated heterocycles. The van der Waals surface area contributed by atoms with E-state index in [4.69, 9.17) is 21.8 Å². The molecule has 16 heavy (non-hydrogen) atoms. The fraction of sp³-hybridized carbons (Fsp3) is 0.182. The van der Waals surface area contributed by atoms with Crippen molar-refractivity contribution in [2.24, 2.45) is 0 Å². The van der Waals surface area contributed by atoms with Crippen LogP contribution in [0.2, 0.25) is 5.02 Å². The Morgan fingerprint density at radius 1 is 1.44 bits per heavy atom. The Morgan fingerprint density at radius 3 is 2.94 bits per heavy atom. The third kappa shape index (κ3) is 2.51. The maximum Gasteiger partial charge on any atom is 0.123 e. The van der Waals surface area contributed by atoms with E-state index in [9.17, 15) is 0 Å². The molecule has 0 amide bonds. The SMILES string of the molecule is Cc1occc1SCc1nc(N)ccc1Cl. The first-order valence-electron chi connectivity index (χ1n) is 4.74. The average molecular weight is 255 g/mol. The van der Waals surface area contributed by atoms with Crippen LogP contribution in [0, 0.1) is 6.92 Å². The number of nitrogen functional groups attached to an aromatic ring is 1. The van der Waals surface area contributed by atoms with Crippen LogP contribution >= 0.6 is 23.4 Å². The summed E-state index contributed by atoms with van der Waals surface area (Å²) in [6, 6.07) is 5.39. The van der Waals surface area contributed by atoms with Gasteiger partial charge in [-0.2, -0.15) is 0 Å². The number of pyridine rings is 1. The highest BCUT2D eigenvalue weighted by Crippen LogP contribution is 2.28. The second kappa shape index (κ2) is 4.80. The van der Waals surface area contributed by atoms with Gasteiger partial charge in [0.15, 0.2) is 0 Å². The molecule has 0 spiro atoms. The smallest absolute Gasteiger partial charge is 0.123 e. The maximum atomic E-state index is 6.02. The Hall–Kier alpha value is -1.13. The van der Waals surface area contributed by atoms with Crippen LogP contribution in [0.15, 0.2) is 33.8 Å². The van der Waals surface area contributed by atoms with E-state index in [2.05, 4.69) is 4.98 Å². The molecule has 0 unspecified atom stereocenters. The summed E-state index contributed by atoms with van der Waals surface area (Å²) in [5, 5.41) is 0.642. The molecule has 0 fully saturated rings. The van der Waals surface area contributed by atoms with Gasteiger partial charge in [-0.05, 0) is 25.1 Å². The van der Waals surface area contributed by atoms with Gasteiger partial charge < -0.3 is 10.2 Å². The third-order valence-electron chi connectivity index (χ3n) is 2.12. The van der Waals surface area contributed by atoms with Crippen molar-refractivity contribution in [3.8, 4) is 0 Å². The number of anilines is 1. The minimum absolute atomic E-state index is 0.490. The molecule has 84 valence electrons. The number of aryl methyl sites for hydroxylation is 1. The van der Waals surface area contributed by atoms with Gasteiger partial charge in [0.05, 0.1) is 17.0 Å². The highest BCUT2D eigenvalue weighted by atomic mass is 35.5. The van der Waals surface area contributed by atoms with Gasteiger partial charge in [-0.15, -0.1) is 11.8 Å². The molecule has 0 atom stereocenters. The first-order chi connectivity index (χ1) is 7.66. The fourth-order valence-corrected chi connectivity index (χ4v) is 2.44. The minimum atomic E-state index is 0.490. The molecule has 0 aliphatic rings. The number of halogens is 1. The van der Waals surface area contributed by atoms with Gasteiger partial charge in [0.2, 0.25) is 0 Å². The van der Waals surface area contributed by atoms with Gasteiger partial charge in [-0.1, -0.05) is 11.6 Å². The predicted molar refractivity (Wildman–Crippen MR) is 66.7 cm³/mol. The Morgan fingerprint density at radius 2 is 2.25 bits per heavy atom. The number of rotatable bonds is 3.